The molecule has 1 N–H and O–H groups in total. The van der Waals surface area contributed by atoms with Gasteiger partial charge in [0.2, 0.25) is 5.91 Å². The van der Waals surface area contributed by atoms with Gasteiger partial charge < -0.3 is 9.72 Å². The zero-order valence-electron chi connectivity index (χ0n) is 14.5. The van der Waals surface area contributed by atoms with Gasteiger partial charge in [-0.05, 0) is 31.0 Å². The number of Topliss-reactive ketones (excluding diaryl/α,β-unsaturated/α-hetero) is 1. The number of hydrogen-bond donors (Lipinski definition) is 1. The van der Waals surface area contributed by atoms with Crippen molar-refractivity contribution >= 4 is 23.0 Å². The summed E-state index contributed by atoms with van der Waals surface area (Å²) in [6.07, 6.45) is 5.02. The minimum absolute atomic E-state index is 0.0153. The summed E-state index contributed by atoms with van der Waals surface area (Å²) < 4.78 is 1.87. The van der Waals surface area contributed by atoms with Crippen LogP contribution in [-0.2, 0) is 11.2 Å². The van der Waals surface area contributed by atoms with E-state index in [0.29, 0.717) is 11.3 Å². The number of carbonyl (C=O) groups is 2. The summed E-state index contributed by atoms with van der Waals surface area (Å²) >= 11 is 0. The molecule has 1 aromatic carbocycles. The first-order valence-corrected chi connectivity index (χ1v) is 8.42. The molecule has 3 rings (SSSR count). The second-order valence-electron chi connectivity index (χ2n) is 6.09. The number of imidazole rings is 1. The molecular formula is C20H21N3O2. The minimum atomic E-state index is -0.172. The monoisotopic (exact) mass is 335 g/mol. The molecule has 2 aromatic heterocycles. The number of rotatable bonds is 6. The van der Waals surface area contributed by atoms with E-state index in [4.69, 9.17) is 0 Å². The zero-order valence-corrected chi connectivity index (χ0v) is 14.5. The lowest BCUT2D eigenvalue weighted by molar-refractivity contribution is -0.116. The van der Waals surface area contributed by atoms with E-state index in [-0.39, 0.29) is 24.5 Å². The van der Waals surface area contributed by atoms with Crippen LogP contribution in [0.25, 0.3) is 5.65 Å². The Bertz CT molecular complexity index is 910. The molecule has 0 unspecified atom stereocenters. The molecule has 0 saturated heterocycles. The van der Waals surface area contributed by atoms with Gasteiger partial charge in [0.25, 0.3) is 0 Å². The third kappa shape index (κ3) is 4.12. The summed E-state index contributed by atoms with van der Waals surface area (Å²) in [5.74, 6) is -0.187. The van der Waals surface area contributed by atoms with E-state index >= 15 is 0 Å². The average Bonchev–Trinajstić information content (AvgIpc) is 2.99. The standard InChI is InChI=1S/C20H21N3O2/c1-3-15-4-6-16(7-5-15)18(24)9-11-20(25)22-17-8-10-19-21-14(2)12-23(19)13-17/h4-8,10,12-13H,3,9,11H2,1-2H3,(H,22,25). The lowest BCUT2D eigenvalue weighted by atomic mass is 10.0. The van der Waals surface area contributed by atoms with E-state index in [0.717, 1.165) is 17.8 Å². The van der Waals surface area contributed by atoms with Crippen molar-refractivity contribution in [2.45, 2.75) is 33.1 Å². The number of amides is 1. The summed E-state index contributed by atoms with van der Waals surface area (Å²) in [4.78, 5) is 28.6. The minimum Gasteiger partial charge on any atom is -0.325 e. The predicted octanol–water partition coefficient (Wildman–Crippen LogP) is 3.81. The molecule has 0 bridgehead atoms. The molecule has 0 aliphatic rings. The molecule has 3 aromatic rings. The summed E-state index contributed by atoms with van der Waals surface area (Å²) in [5, 5.41) is 2.83. The van der Waals surface area contributed by atoms with Crippen LogP contribution in [0.15, 0.2) is 48.8 Å². The topological polar surface area (TPSA) is 63.5 Å². The molecule has 0 spiro atoms. The number of pyridine rings is 1. The summed E-state index contributed by atoms with van der Waals surface area (Å²) in [6.45, 7) is 3.99. The maximum absolute atomic E-state index is 12.2. The van der Waals surface area contributed by atoms with Crippen LogP contribution in [0.1, 0.15) is 41.4 Å². The second kappa shape index (κ2) is 7.30. The Balaban J connectivity index is 1.56. The molecule has 0 aliphatic heterocycles. The van der Waals surface area contributed by atoms with Gasteiger partial charge in [0.05, 0.1) is 11.4 Å². The molecule has 2 heterocycles. The van der Waals surface area contributed by atoms with Crippen molar-refractivity contribution in [3.05, 3.63) is 65.6 Å². The van der Waals surface area contributed by atoms with Crippen LogP contribution in [0.3, 0.4) is 0 Å². The van der Waals surface area contributed by atoms with Crippen LogP contribution in [0.5, 0.6) is 0 Å². The Morgan fingerprint density at radius 1 is 1.04 bits per heavy atom. The molecule has 1 amide bonds. The highest BCUT2D eigenvalue weighted by Crippen LogP contribution is 2.13. The number of anilines is 1. The number of aryl methyl sites for hydroxylation is 2. The highest BCUT2D eigenvalue weighted by molar-refractivity contribution is 6.00. The van der Waals surface area contributed by atoms with Gasteiger partial charge >= 0.3 is 0 Å². The Morgan fingerprint density at radius 2 is 1.80 bits per heavy atom. The molecule has 0 fully saturated rings. The number of ketones is 1. The predicted molar refractivity (Wildman–Crippen MR) is 97.9 cm³/mol. The Labute approximate surface area is 146 Å². The number of benzene rings is 1. The van der Waals surface area contributed by atoms with Crippen molar-refractivity contribution < 1.29 is 9.59 Å². The molecule has 0 aliphatic carbocycles. The number of carbonyl (C=O) groups excluding carboxylic acids is 2. The van der Waals surface area contributed by atoms with E-state index in [9.17, 15) is 9.59 Å². The van der Waals surface area contributed by atoms with Crippen molar-refractivity contribution in [3.8, 4) is 0 Å². The first kappa shape index (κ1) is 16.9. The third-order valence-corrected chi connectivity index (χ3v) is 4.12. The van der Waals surface area contributed by atoms with Gasteiger partial charge in [0.15, 0.2) is 5.78 Å². The second-order valence-corrected chi connectivity index (χ2v) is 6.09. The van der Waals surface area contributed by atoms with Crippen molar-refractivity contribution in [1.82, 2.24) is 9.38 Å². The molecule has 0 saturated carbocycles. The van der Waals surface area contributed by atoms with E-state index in [1.54, 1.807) is 0 Å². The van der Waals surface area contributed by atoms with Gasteiger partial charge in [-0.1, -0.05) is 31.2 Å². The molecule has 0 radical (unpaired) electrons. The summed E-state index contributed by atoms with van der Waals surface area (Å²) in [6, 6.07) is 11.2. The van der Waals surface area contributed by atoms with Gasteiger partial charge in [0.1, 0.15) is 5.65 Å². The highest BCUT2D eigenvalue weighted by Gasteiger charge is 2.10. The molecule has 5 heteroatoms. The fourth-order valence-electron chi connectivity index (χ4n) is 2.71. The van der Waals surface area contributed by atoms with Crippen LogP contribution >= 0.6 is 0 Å². The Morgan fingerprint density at radius 3 is 2.52 bits per heavy atom. The van der Waals surface area contributed by atoms with E-state index in [2.05, 4.69) is 17.2 Å². The lowest BCUT2D eigenvalue weighted by Gasteiger charge is -2.06. The van der Waals surface area contributed by atoms with Crippen molar-refractivity contribution in [3.63, 3.8) is 0 Å². The first-order chi connectivity index (χ1) is 12.0. The SMILES string of the molecule is CCc1ccc(C(=O)CCC(=O)Nc2ccc3nc(C)cn3c2)cc1. The maximum atomic E-state index is 12.2. The number of nitrogens with zero attached hydrogens (tertiary/aromatic N) is 2. The highest BCUT2D eigenvalue weighted by atomic mass is 16.2. The molecular weight excluding hydrogens is 314 g/mol. The number of nitrogens with one attached hydrogen (secondary N) is 1. The quantitative estimate of drug-likeness (QED) is 0.697. The van der Waals surface area contributed by atoms with Crippen molar-refractivity contribution in [2.24, 2.45) is 0 Å². The first-order valence-electron chi connectivity index (χ1n) is 8.42. The average molecular weight is 335 g/mol. The van der Waals surface area contributed by atoms with Crippen molar-refractivity contribution in [2.75, 3.05) is 5.32 Å². The normalized spacial score (nSPS) is 10.8. The number of hydrogen-bond acceptors (Lipinski definition) is 3. The van der Waals surface area contributed by atoms with Crippen LogP contribution in [0, 0.1) is 6.92 Å². The van der Waals surface area contributed by atoms with Gasteiger partial charge in [-0.2, -0.15) is 0 Å². The Hall–Kier alpha value is -2.95. The summed E-state index contributed by atoms with van der Waals surface area (Å²) in [5.41, 5.74) is 4.29. The lowest BCUT2D eigenvalue weighted by Crippen LogP contribution is -2.13. The van der Waals surface area contributed by atoms with Crippen LogP contribution in [0.2, 0.25) is 0 Å². The van der Waals surface area contributed by atoms with Crippen LogP contribution in [0.4, 0.5) is 5.69 Å². The molecule has 25 heavy (non-hydrogen) atoms. The van der Waals surface area contributed by atoms with Gasteiger partial charge in [0, 0.05) is 30.8 Å². The maximum Gasteiger partial charge on any atom is 0.224 e. The van der Waals surface area contributed by atoms with Gasteiger partial charge in [-0.15, -0.1) is 0 Å². The molecule has 0 atom stereocenters. The number of fused-ring (bicyclic) bond motifs is 1. The molecule has 5 nitrogen and oxygen atoms in total. The van der Waals surface area contributed by atoms with E-state index in [1.807, 2.05) is 60.1 Å². The fraction of sp³-hybridized carbons (Fsp3) is 0.250. The summed E-state index contributed by atoms with van der Waals surface area (Å²) in [7, 11) is 0. The number of aromatic nitrogens is 2. The van der Waals surface area contributed by atoms with E-state index in [1.165, 1.54) is 5.56 Å². The van der Waals surface area contributed by atoms with E-state index < -0.39 is 0 Å². The zero-order chi connectivity index (χ0) is 17.8. The van der Waals surface area contributed by atoms with Gasteiger partial charge in [-0.25, -0.2) is 4.98 Å². The van der Waals surface area contributed by atoms with Crippen LogP contribution in [-0.4, -0.2) is 21.1 Å². The van der Waals surface area contributed by atoms with Gasteiger partial charge in [-0.3, -0.25) is 9.59 Å². The fourth-order valence-corrected chi connectivity index (χ4v) is 2.71. The third-order valence-electron chi connectivity index (χ3n) is 4.12. The largest absolute Gasteiger partial charge is 0.325 e. The Kier molecular flexibility index (Phi) is 4.93. The van der Waals surface area contributed by atoms with Crippen molar-refractivity contribution in [1.29, 1.82) is 0 Å². The van der Waals surface area contributed by atoms with Crippen LogP contribution < -0.4 is 5.32 Å². The molecule has 128 valence electrons. The smallest absolute Gasteiger partial charge is 0.224 e.